The van der Waals surface area contributed by atoms with Gasteiger partial charge in [0.1, 0.15) is 5.01 Å². The molecule has 28 heavy (non-hydrogen) atoms. The summed E-state index contributed by atoms with van der Waals surface area (Å²) in [5.41, 5.74) is 3.44. The summed E-state index contributed by atoms with van der Waals surface area (Å²) in [7, 11) is -3.38. The summed E-state index contributed by atoms with van der Waals surface area (Å²) in [5, 5.41) is 3.45. The van der Waals surface area contributed by atoms with Gasteiger partial charge in [0.05, 0.1) is 25.4 Å². The highest BCUT2D eigenvalue weighted by molar-refractivity contribution is 7.90. The number of nitrogens with zero attached hydrogens (tertiary/aromatic N) is 1. The van der Waals surface area contributed by atoms with Crippen LogP contribution in [0.1, 0.15) is 5.56 Å². The van der Waals surface area contributed by atoms with Gasteiger partial charge in [-0.25, -0.2) is 13.4 Å². The maximum absolute atomic E-state index is 12.4. The molecule has 0 fully saturated rings. The fourth-order valence-corrected chi connectivity index (χ4v) is 6.31. The van der Waals surface area contributed by atoms with E-state index in [4.69, 9.17) is 16.6 Å². The number of benzene rings is 2. The van der Waals surface area contributed by atoms with Crippen LogP contribution in [0.15, 0.2) is 64.9 Å². The normalized spacial score (nSPS) is 11.7. The first kappa shape index (κ1) is 19.3. The van der Waals surface area contributed by atoms with Crippen molar-refractivity contribution in [3.63, 3.8) is 0 Å². The Hall–Kier alpha value is -1.99. The first-order valence-corrected chi connectivity index (χ1v) is 12.4. The van der Waals surface area contributed by atoms with Crippen LogP contribution in [0.5, 0.6) is 0 Å². The van der Waals surface area contributed by atoms with Gasteiger partial charge in [0.2, 0.25) is 0 Å². The number of halogens is 1. The summed E-state index contributed by atoms with van der Waals surface area (Å²) in [6, 6.07) is 16.7. The molecule has 2 aromatic carbocycles. The van der Waals surface area contributed by atoms with Crippen molar-refractivity contribution in [2.75, 3.05) is 6.26 Å². The average molecular weight is 446 g/mol. The van der Waals surface area contributed by atoms with Gasteiger partial charge in [-0.05, 0) is 36.1 Å². The van der Waals surface area contributed by atoms with E-state index in [0.29, 0.717) is 15.5 Å². The topological polar surface area (TPSA) is 47.0 Å². The lowest BCUT2D eigenvalue weighted by molar-refractivity contribution is 0.602. The monoisotopic (exact) mass is 445 g/mol. The smallest absolute Gasteiger partial charge is 0.176 e. The van der Waals surface area contributed by atoms with Gasteiger partial charge < -0.3 is 0 Å². The molecule has 0 aliphatic heterocycles. The van der Waals surface area contributed by atoms with Crippen LogP contribution in [0, 0.1) is 6.92 Å². The first-order chi connectivity index (χ1) is 13.3. The maximum atomic E-state index is 12.4. The molecule has 0 unspecified atom stereocenters. The third kappa shape index (κ3) is 3.65. The van der Waals surface area contributed by atoms with Gasteiger partial charge in [-0.1, -0.05) is 48.0 Å². The lowest BCUT2D eigenvalue weighted by Gasteiger charge is -2.07. The van der Waals surface area contributed by atoms with Crippen LogP contribution in [0.4, 0.5) is 0 Å². The highest BCUT2D eigenvalue weighted by Crippen LogP contribution is 2.45. The van der Waals surface area contributed by atoms with Gasteiger partial charge >= 0.3 is 0 Å². The molecule has 0 aliphatic rings. The minimum atomic E-state index is -3.38. The molecule has 0 saturated heterocycles. The molecule has 0 spiro atoms. The van der Waals surface area contributed by atoms with Crippen molar-refractivity contribution >= 4 is 44.1 Å². The van der Waals surface area contributed by atoms with Crippen LogP contribution in [0.2, 0.25) is 5.02 Å². The van der Waals surface area contributed by atoms with Crippen molar-refractivity contribution in [3.8, 4) is 31.6 Å². The molecule has 2 aromatic heterocycles. The lowest BCUT2D eigenvalue weighted by Crippen LogP contribution is -1.99. The molecule has 4 aromatic rings. The van der Waals surface area contributed by atoms with E-state index in [9.17, 15) is 8.42 Å². The first-order valence-electron chi connectivity index (χ1n) is 8.45. The van der Waals surface area contributed by atoms with Gasteiger partial charge in [0.25, 0.3) is 0 Å². The standard InChI is InChI=1S/C21H16ClNO2S3/c1-13-11-17(26-12-13)19-20(15-8-4-6-10-18(15)28(2,24)25)27-21(23-19)14-7-3-5-9-16(14)22/h3-12H,1-2H3. The average Bonchev–Trinajstić information content (AvgIpc) is 3.28. The minimum absolute atomic E-state index is 0.305. The van der Waals surface area contributed by atoms with Gasteiger partial charge in [0, 0.05) is 17.4 Å². The van der Waals surface area contributed by atoms with Gasteiger partial charge in [-0.15, -0.1) is 22.7 Å². The Bertz CT molecular complexity index is 1270. The van der Waals surface area contributed by atoms with Gasteiger partial charge in [-0.2, -0.15) is 0 Å². The van der Waals surface area contributed by atoms with Crippen molar-refractivity contribution in [2.45, 2.75) is 11.8 Å². The molecule has 0 N–H and O–H groups in total. The van der Waals surface area contributed by atoms with Gasteiger partial charge in [0.15, 0.2) is 9.84 Å². The Morgan fingerprint density at radius 2 is 1.68 bits per heavy atom. The number of aryl methyl sites for hydroxylation is 1. The molecule has 7 heteroatoms. The van der Waals surface area contributed by atoms with E-state index < -0.39 is 9.84 Å². The van der Waals surface area contributed by atoms with Crippen molar-refractivity contribution in [1.82, 2.24) is 4.98 Å². The third-order valence-corrected chi connectivity index (χ3v) is 7.89. The molecule has 0 amide bonds. The van der Waals surface area contributed by atoms with E-state index >= 15 is 0 Å². The zero-order valence-electron chi connectivity index (χ0n) is 15.1. The summed E-state index contributed by atoms with van der Waals surface area (Å²) in [5.74, 6) is 0. The lowest BCUT2D eigenvalue weighted by atomic mass is 10.1. The number of aromatic nitrogens is 1. The summed E-state index contributed by atoms with van der Waals surface area (Å²) < 4.78 is 24.8. The molecule has 0 saturated carbocycles. The highest BCUT2D eigenvalue weighted by Gasteiger charge is 2.23. The predicted molar refractivity (Wildman–Crippen MR) is 119 cm³/mol. The largest absolute Gasteiger partial charge is 0.234 e. The van der Waals surface area contributed by atoms with Crippen molar-refractivity contribution in [1.29, 1.82) is 0 Å². The predicted octanol–water partition coefficient (Wildman–Crippen LogP) is 6.57. The number of thiazole rings is 1. The van der Waals surface area contributed by atoms with E-state index in [1.54, 1.807) is 23.5 Å². The molecule has 4 rings (SSSR count). The molecule has 0 bridgehead atoms. The van der Waals surface area contributed by atoms with Crippen LogP contribution in [0.3, 0.4) is 0 Å². The Balaban J connectivity index is 2.01. The minimum Gasteiger partial charge on any atom is -0.234 e. The molecule has 0 atom stereocenters. The number of hydrogen-bond acceptors (Lipinski definition) is 5. The fraction of sp³-hybridized carbons (Fsp3) is 0.0952. The zero-order chi connectivity index (χ0) is 19.9. The van der Waals surface area contributed by atoms with Crippen molar-refractivity contribution in [3.05, 3.63) is 70.6 Å². The molecular weight excluding hydrogens is 430 g/mol. The number of thiophene rings is 1. The Labute approximate surface area is 177 Å². The number of rotatable bonds is 4. The van der Waals surface area contributed by atoms with Crippen LogP contribution >= 0.6 is 34.3 Å². The molecule has 0 radical (unpaired) electrons. The second kappa shape index (κ2) is 7.44. The fourth-order valence-electron chi connectivity index (χ4n) is 2.95. The van der Waals surface area contributed by atoms with Crippen LogP contribution in [-0.2, 0) is 9.84 Å². The van der Waals surface area contributed by atoms with E-state index in [2.05, 4.69) is 11.4 Å². The van der Waals surface area contributed by atoms with E-state index in [-0.39, 0.29) is 0 Å². The zero-order valence-corrected chi connectivity index (χ0v) is 18.3. The summed E-state index contributed by atoms with van der Waals surface area (Å²) >= 11 is 9.45. The SMILES string of the molecule is Cc1csc(-c2nc(-c3ccccc3Cl)sc2-c2ccccc2S(C)(=O)=O)c1. The number of sulfone groups is 1. The van der Waals surface area contributed by atoms with E-state index in [1.165, 1.54) is 17.6 Å². The molecule has 3 nitrogen and oxygen atoms in total. The summed E-state index contributed by atoms with van der Waals surface area (Å²) in [6.45, 7) is 2.03. The molecule has 2 heterocycles. The van der Waals surface area contributed by atoms with E-state index in [1.807, 2.05) is 43.3 Å². The molecular formula is C21H16ClNO2S3. The Kier molecular flexibility index (Phi) is 5.14. The maximum Gasteiger partial charge on any atom is 0.176 e. The second-order valence-electron chi connectivity index (χ2n) is 6.43. The van der Waals surface area contributed by atoms with E-state index in [0.717, 1.165) is 31.6 Å². The second-order valence-corrected chi connectivity index (χ2v) is 10.7. The van der Waals surface area contributed by atoms with Crippen molar-refractivity contribution < 1.29 is 8.42 Å². The molecule has 0 aliphatic carbocycles. The van der Waals surface area contributed by atoms with Gasteiger partial charge in [-0.3, -0.25) is 0 Å². The summed E-state index contributed by atoms with van der Waals surface area (Å²) in [6.07, 6.45) is 1.23. The molecule has 142 valence electrons. The number of hydrogen-bond donors (Lipinski definition) is 0. The highest BCUT2D eigenvalue weighted by atomic mass is 35.5. The van der Waals surface area contributed by atoms with Crippen LogP contribution in [-0.4, -0.2) is 19.7 Å². The van der Waals surface area contributed by atoms with Crippen LogP contribution in [0.25, 0.3) is 31.6 Å². The Morgan fingerprint density at radius 1 is 1.00 bits per heavy atom. The van der Waals surface area contributed by atoms with Crippen LogP contribution < -0.4 is 0 Å². The quantitative estimate of drug-likeness (QED) is 0.356. The van der Waals surface area contributed by atoms with Crippen molar-refractivity contribution in [2.24, 2.45) is 0 Å². The third-order valence-electron chi connectivity index (χ3n) is 4.23. The Morgan fingerprint density at radius 3 is 2.32 bits per heavy atom. The summed E-state index contributed by atoms with van der Waals surface area (Å²) in [4.78, 5) is 7.01.